The molecule has 1 atom stereocenters. The van der Waals surface area contributed by atoms with Crippen molar-refractivity contribution in [2.24, 2.45) is 0 Å². The van der Waals surface area contributed by atoms with E-state index in [1.807, 2.05) is 31.2 Å². The lowest BCUT2D eigenvalue weighted by Crippen LogP contribution is -2.34. The topological polar surface area (TPSA) is 72.9 Å². The fourth-order valence-electron chi connectivity index (χ4n) is 3.32. The van der Waals surface area contributed by atoms with E-state index in [1.54, 1.807) is 29.2 Å². The van der Waals surface area contributed by atoms with Gasteiger partial charge in [0.2, 0.25) is 5.91 Å². The molecule has 6 heteroatoms. The van der Waals surface area contributed by atoms with Crippen molar-refractivity contribution in [2.45, 2.75) is 38.8 Å². The molecule has 0 spiro atoms. The zero-order valence-corrected chi connectivity index (χ0v) is 16.5. The summed E-state index contributed by atoms with van der Waals surface area (Å²) in [4.78, 5) is 36.8. The molecule has 2 aromatic rings. The third-order valence-electron chi connectivity index (χ3n) is 4.96. The van der Waals surface area contributed by atoms with Crippen molar-refractivity contribution < 1.29 is 23.9 Å². The van der Waals surface area contributed by atoms with Crippen LogP contribution in [0, 0.1) is 6.92 Å². The third kappa shape index (κ3) is 5.91. The maximum absolute atomic E-state index is 12.2. The summed E-state index contributed by atoms with van der Waals surface area (Å²) in [6.07, 6.45) is 2.08. The van der Waals surface area contributed by atoms with Crippen LogP contribution in [0.4, 0.5) is 0 Å². The first-order valence-corrected chi connectivity index (χ1v) is 9.74. The van der Waals surface area contributed by atoms with E-state index in [1.165, 1.54) is 5.56 Å². The van der Waals surface area contributed by atoms with Gasteiger partial charge in [-0.15, -0.1) is 0 Å². The van der Waals surface area contributed by atoms with Gasteiger partial charge in [0.15, 0.2) is 0 Å². The number of amides is 1. The molecule has 1 aliphatic rings. The number of likely N-dealkylation sites (tertiary alicyclic amines) is 1. The summed E-state index contributed by atoms with van der Waals surface area (Å²) >= 11 is 0. The molecule has 1 aliphatic heterocycles. The van der Waals surface area contributed by atoms with E-state index in [2.05, 4.69) is 0 Å². The van der Waals surface area contributed by atoms with Gasteiger partial charge in [-0.1, -0.05) is 29.8 Å². The lowest BCUT2D eigenvalue weighted by atomic mass is 10.1. The average Bonchev–Trinajstić information content (AvgIpc) is 3.06. The number of rotatable bonds is 9. The second kappa shape index (κ2) is 9.87. The molecule has 1 unspecified atom stereocenters. The first-order valence-electron chi connectivity index (χ1n) is 9.74. The summed E-state index contributed by atoms with van der Waals surface area (Å²) in [5, 5.41) is 0. The number of esters is 1. The van der Waals surface area contributed by atoms with Crippen molar-refractivity contribution in [1.82, 2.24) is 4.90 Å². The average molecular weight is 395 g/mol. The highest BCUT2D eigenvalue weighted by Crippen LogP contribution is 2.24. The highest BCUT2D eigenvalue weighted by molar-refractivity contribution is 5.80. The smallest absolute Gasteiger partial charge is 0.307 e. The minimum Gasteiger partial charge on any atom is -0.490 e. The highest BCUT2D eigenvalue weighted by atomic mass is 16.6. The van der Waals surface area contributed by atoms with E-state index >= 15 is 0 Å². The zero-order valence-electron chi connectivity index (χ0n) is 16.5. The van der Waals surface area contributed by atoms with Crippen molar-refractivity contribution >= 4 is 18.2 Å². The normalized spacial score (nSPS) is 16.0. The number of aldehydes is 1. The fourth-order valence-corrected chi connectivity index (χ4v) is 3.32. The van der Waals surface area contributed by atoms with Crippen LogP contribution in [0.15, 0.2) is 48.5 Å². The fraction of sp³-hybridized carbons (Fsp3) is 0.348. The largest absolute Gasteiger partial charge is 0.490 e. The van der Waals surface area contributed by atoms with Crippen LogP contribution < -0.4 is 4.74 Å². The van der Waals surface area contributed by atoms with Gasteiger partial charge in [-0.05, 0) is 43.2 Å². The molecule has 1 saturated heterocycles. The van der Waals surface area contributed by atoms with Gasteiger partial charge in [-0.25, -0.2) is 0 Å². The monoisotopic (exact) mass is 395 g/mol. The quantitative estimate of drug-likeness (QED) is 0.370. The van der Waals surface area contributed by atoms with E-state index in [4.69, 9.17) is 9.47 Å². The zero-order chi connectivity index (χ0) is 20.6. The molecule has 1 amide bonds. The molecule has 0 radical (unpaired) electrons. The van der Waals surface area contributed by atoms with Crippen LogP contribution in [-0.2, 0) is 20.9 Å². The summed E-state index contributed by atoms with van der Waals surface area (Å²) < 4.78 is 10.8. The van der Waals surface area contributed by atoms with Gasteiger partial charge in [-0.2, -0.15) is 0 Å². The number of benzene rings is 2. The third-order valence-corrected chi connectivity index (χ3v) is 4.96. The Hall–Kier alpha value is -3.15. The molecule has 0 N–H and O–H groups in total. The predicted octanol–water partition coefficient (Wildman–Crippen LogP) is 3.31. The molecule has 2 aromatic carbocycles. The Kier molecular flexibility index (Phi) is 7.00. The second-order valence-corrected chi connectivity index (χ2v) is 7.16. The highest BCUT2D eigenvalue weighted by Gasteiger charge is 2.32. The molecule has 6 nitrogen and oxygen atoms in total. The Morgan fingerprint density at radius 2 is 1.83 bits per heavy atom. The lowest BCUT2D eigenvalue weighted by Gasteiger charge is -2.24. The molecular weight excluding hydrogens is 370 g/mol. The van der Waals surface area contributed by atoms with Crippen LogP contribution in [0.5, 0.6) is 5.75 Å². The molecule has 0 aliphatic carbocycles. The molecule has 1 fully saturated rings. The lowest BCUT2D eigenvalue weighted by molar-refractivity contribution is -0.146. The van der Waals surface area contributed by atoms with Crippen LogP contribution in [-0.4, -0.2) is 42.3 Å². The van der Waals surface area contributed by atoms with E-state index in [0.29, 0.717) is 30.7 Å². The summed E-state index contributed by atoms with van der Waals surface area (Å²) in [7, 11) is 0. The van der Waals surface area contributed by atoms with Crippen molar-refractivity contribution in [1.29, 1.82) is 0 Å². The van der Waals surface area contributed by atoms with Gasteiger partial charge >= 0.3 is 5.97 Å². The molecular formula is C23H25NO5. The van der Waals surface area contributed by atoms with E-state index in [0.717, 1.165) is 11.8 Å². The molecule has 0 saturated carbocycles. The second-order valence-electron chi connectivity index (χ2n) is 7.16. The van der Waals surface area contributed by atoms with Crippen LogP contribution in [0.2, 0.25) is 0 Å². The maximum Gasteiger partial charge on any atom is 0.307 e. The standard InChI is InChI=1S/C23H25NO5/c1-17-2-4-18(5-3-17)15-24-20(8-11-22(24)26)14-23(27)29-13-12-28-21-9-6-19(16-25)7-10-21/h2-7,9-10,16,20H,8,11-15H2,1H3. The van der Waals surface area contributed by atoms with Crippen molar-refractivity contribution in [3.05, 3.63) is 65.2 Å². The number of hydrogen-bond acceptors (Lipinski definition) is 5. The van der Waals surface area contributed by atoms with E-state index < -0.39 is 0 Å². The Balaban J connectivity index is 1.43. The number of nitrogens with zero attached hydrogens (tertiary/aromatic N) is 1. The summed E-state index contributed by atoms with van der Waals surface area (Å²) in [6.45, 7) is 2.89. The van der Waals surface area contributed by atoms with Crippen LogP contribution in [0.3, 0.4) is 0 Å². The molecule has 0 bridgehead atoms. The van der Waals surface area contributed by atoms with Crippen molar-refractivity contribution in [3.63, 3.8) is 0 Å². The number of carbonyl (C=O) groups excluding carboxylic acids is 3. The maximum atomic E-state index is 12.2. The molecule has 1 heterocycles. The minimum atomic E-state index is -0.335. The van der Waals surface area contributed by atoms with Gasteiger partial charge < -0.3 is 14.4 Å². The SMILES string of the molecule is Cc1ccc(CN2C(=O)CCC2CC(=O)OCCOc2ccc(C=O)cc2)cc1. The summed E-state index contributed by atoms with van der Waals surface area (Å²) in [5.41, 5.74) is 2.80. The van der Waals surface area contributed by atoms with Crippen molar-refractivity contribution in [3.8, 4) is 5.75 Å². The predicted molar refractivity (Wildman–Crippen MR) is 108 cm³/mol. The molecule has 3 rings (SSSR count). The van der Waals surface area contributed by atoms with Gasteiger partial charge in [-0.3, -0.25) is 14.4 Å². The van der Waals surface area contributed by atoms with Gasteiger partial charge in [0.25, 0.3) is 0 Å². The number of hydrogen-bond donors (Lipinski definition) is 0. The number of aryl methyl sites for hydroxylation is 1. The Morgan fingerprint density at radius 3 is 2.52 bits per heavy atom. The van der Waals surface area contributed by atoms with Crippen LogP contribution in [0.25, 0.3) is 0 Å². The van der Waals surface area contributed by atoms with Gasteiger partial charge in [0.1, 0.15) is 25.2 Å². The Morgan fingerprint density at radius 1 is 1.10 bits per heavy atom. The number of ether oxygens (including phenoxy) is 2. The first-order chi connectivity index (χ1) is 14.0. The van der Waals surface area contributed by atoms with Crippen molar-refractivity contribution in [2.75, 3.05) is 13.2 Å². The summed E-state index contributed by atoms with van der Waals surface area (Å²) in [6, 6.07) is 14.6. The van der Waals surface area contributed by atoms with E-state index in [9.17, 15) is 14.4 Å². The number of carbonyl (C=O) groups is 3. The molecule has 152 valence electrons. The Bertz CT molecular complexity index is 845. The van der Waals surface area contributed by atoms with Gasteiger partial charge in [0.05, 0.1) is 6.42 Å². The molecule has 0 aromatic heterocycles. The first kappa shape index (κ1) is 20.6. The van der Waals surface area contributed by atoms with Gasteiger partial charge in [0, 0.05) is 24.6 Å². The van der Waals surface area contributed by atoms with Crippen LogP contribution in [0.1, 0.15) is 40.7 Å². The Labute approximate surface area is 170 Å². The van der Waals surface area contributed by atoms with Crippen LogP contribution >= 0.6 is 0 Å². The summed E-state index contributed by atoms with van der Waals surface area (Å²) in [5.74, 6) is 0.348. The molecule has 29 heavy (non-hydrogen) atoms. The van der Waals surface area contributed by atoms with E-state index in [-0.39, 0.29) is 37.6 Å². The minimum absolute atomic E-state index is 0.0745.